The van der Waals surface area contributed by atoms with Crippen LogP contribution in [0.3, 0.4) is 0 Å². The van der Waals surface area contributed by atoms with Gasteiger partial charge in [0.1, 0.15) is 13.2 Å². The molecule has 112 valence electrons. The molecule has 0 radical (unpaired) electrons. The minimum atomic E-state index is -0.979. The zero-order valence-corrected chi connectivity index (χ0v) is 11.5. The number of hydrogen-bond acceptors (Lipinski definition) is 5. The number of nitrogens with one attached hydrogen (secondary N) is 1. The van der Waals surface area contributed by atoms with Crippen LogP contribution in [0.25, 0.3) is 0 Å². The van der Waals surface area contributed by atoms with Gasteiger partial charge in [0.05, 0.1) is 12.7 Å². The molecule has 0 aromatic heterocycles. The lowest BCUT2D eigenvalue weighted by atomic mass is 10.5. The summed E-state index contributed by atoms with van der Waals surface area (Å²) in [5.74, 6) is -1.14. The van der Waals surface area contributed by atoms with Crippen LogP contribution < -0.4 is 5.32 Å². The Labute approximate surface area is 113 Å². The average Bonchev–Trinajstić information content (AvgIpc) is 2.34. The molecule has 0 aliphatic heterocycles. The molecule has 0 aliphatic carbocycles. The Balaban J connectivity index is 3.18. The third-order valence-electron chi connectivity index (χ3n) is 1.92. The lowest BCUT2D eigenvalue weighted by Gasteiger charge is -2.08. The molecule has 0 aromatic carbocycles. The van der Waals surface area contributed by atoms with Crippen LogP contribution >= 0.6 is 0 Å². The predicted octanol–water partition coefficient (Wildman–Crippen LogP) is 0.0355. The molecule has 19 heavy (non-hydrogen) atoms. The Morgan fingerprint density at radius 3 is 2.42 bits per heavy atom. The molecule has 1 amide bonds. The van der Waals surface area contributed by atoms with Crippen molar-refractivity contribution in [3.63, 3.8) is 0 Å². The maximum atomic E-state index is 11.2. The molecule has 0 unspecified atom stereocenters. The molecule has 0 aromatic rings. The third kappa shape index (κ3) is 14.8. The number of amides is 1. The van der Waals surface area contributed by atoms with Gasteiger partial charge < -0.3 is 24.6 Å². The first-order chi connectivity index (χ1) is 9.02. The quantitative estimate of drug-likeness (QED) is 0.489. The molecule has 0 aliphatic rings. The summed E-state index contributed by atoms with van der Waals surface area (Å²) in [5.41, 5.74) is 0. The SMILES string of the molecule is CC(C)OCC(=O)NCCOCCCOCC(=O)O. The lowest BCUT2D eigenvalue weighted by molar-refractivity contribution is -0.142. The normalized spacial score (nSPS) is 10.7. The van der Waals surface area contributed by atoms with Gasteiger partial charge in [0.2, 0.25) is 5.91 Å². The van der Waals surface area contributed by atoms with Gasteiger partial charge in [-0.05, 0) is 20.3 Å². The first-order valence-corrected chi connectivity index (χ1v) is 6.28. The number of ether oxygens (including phenoxy) is 3. The van der Waals surface area contributed by atoms with E-state index in [0.29, 0.717) is 32.8 Å². The van der Waals surface area contributed by atoms with E-state index in [1.54, 1.807) is 0 Å². The van der Waals surface area contributed by atoms with Crippen molar-refractivity contribution in [1.82, 2.24) is 5.32 Å². The van der Waals surface area contributed by atoms with Crippen molar-refractivity contribution in [2.75, 3.05) is 39.6 Å². The van der Waals surface area contributed by atoms with Crippen LogP contribution in [0.4, 0.5) is 0 Å². The summed E-state index contributed by atoms with van der Waals surface area (Å²) in [4.78, 5) is 21.3. The van der Waals surface area contributed by atoms with Gasteiger partial charge in [-0.25, -0.2) is 4.79 Å². The zero-order chi connectivity index (χ0) is 14.5. The van der Waals surface area contributed by atoms with Crippen molar-refractivity contribution in [2.24, 2.45) is 0 Å². The van der Waals surface area contributed by atoms with Crippen LogP contribution in [-0.2, 0) is 23.8 Å². The number of aliphatic carboxylic acids is 1. The standard InChI is InChI=1S/C12H23NO6/c1-10(2)19-8-11(14)13-4-7-17-5-3-6-18-9-12(15)16/h10H,3-9H2,1-2H3,(H,13,14)(H,15,16). The van der Waals surface area contributed by atoms with Gasteiger partial charge >= 0.3 is 5.97 Å². The van der Waals surface area contributed by atoms with Crippen molar-refractivity contribution in [1.29, 1.82) is 0 Å². The summed E-state index contributed by atoms with van der Waals surface area (Å²) in [6.45, 7) is 5.15. The minimum absolute atomic E-state index is 0.0350. The van der Waals surface area contributed by atoms with E-state index in [1.807, 2.05) is 13.8 Å². The second kappa shape index (κ2) is 11.9. The van der Waals surface area contributed by atoms with E-state index < -0.39 is 5.97 Å². The minimum Gasteiger partial charge on any atom is -0.480 e. The Hall–Kier alpha value is -1.18. The largest absolute Gasteiger partial charge is 0.480 e. The highest BCUT2D eigenvalue weighted by atomic mass is 16.5. The van der Waals surface area contributed by atoms with Crippen molar-refractivity contribution in [3.8, 4) is 0 Å². The zero-order valence-electron chi connectivity index (χ0n) is 11.5. The number of carboxylic acids is 1. The van der Waals surface area contributed by atoms with E-state index in [9.17, 15) is 9.59 Å². The third-order valence-corrected chi connectivity index (χ3v) is 1.92. The van der Waals surface area contributed by atoms with Gasteiger partial charge in [0.15, 0.2) is 0 Å². The first kappa shape index (κ1) is 17.8. The summed E-state index contributed by atoms with van der Waals surface area (Å²) < 4.78 is 15.2. The molecule has 0 fully saturated rings. The molecular weight excluding hydrogens is 254 g/mol. The highest BCUT2D eigenvalue weighted by Crippen LogP contribution is 1.87. The van der Waals surface area contributed by atoms with Gasteiger partial charge in [0, 0.05) is 19.8 Å². The molecular formula is C12H23NO6. The Bertz CT molecular complexity index is 257. The second-order valence-corrected chi connectivity index (χ2v) is 4.12. The topological polar surface area (TPSA) is 94.1 Å². The van der Waals surface area contributed by atoms with Gasteiger partial charge in [-0.3, -0.25) is 4.79 Å². The van der Waals surface area contributed by atoms with E-state index in [2.05, 4.69) is 5.32 Å². The van der Waals surface area contributed by atoms with E-state index >= 15 is 0 Å². The molecule has 7 heteroatoms. The fourth-order valence-corrected chi connectivity index (χ4v) is 1.08. The maximum Gasteiger partial charge on any atom is 0.329 e. The molecule has 0 heterocycles. The Morgan fingerprint density at radius 2 is 1.79 bits per heavy atom. The van der Waals surface area contributed by atoms with Gasteiger partial charge in [0.25, 0.3) is 0 Å². The van der Waals surface area contributed by atoms with E-state index in [-0.39, 0.29) is 25.2 Å². The van der Waals surface area contributed by atoms with Gasteiger partial charge in [-0.1, -0.05) is 0 Å². The van der Waals surface area contributed by atoms with Crippen LogP contribution in [-0.4, -0.2) is 62.7 Å². The van der Waals surface area contributed by atoms with E-state index in [0.717, 1.165) is 0 Å². The van der Waals surface area contributed by atoms with E-state index in [1.165, 1.54) is 0 Å². The number of carbonyl (C=O) groups excluding carboxylic acids is 1. The molecule has 0 saturated heterocycles. The molecule has 0 atom stereocenters. The molecule has 0 saturated carbocycles. The van der Waals surface area contributed by atoms with Crippen molar-refractivity contribution < 1.29 is 28.9 Å². The molecule has 7 nitrogen and oxygen atoms in total. The summed E-state index contributed by atoms with van der Waals surface area (Å²) in [7, 11) is 0. The number of carbonyl (C=O) groups is 2. The predicted molar refractivity (Wildman–Crippen MR) is 68.0 cm³/mol. The maximum absolute atomic E-state index is 11.2. The first-order valence-electron chi connectivity index (χ1n) is 6.28. The van der Waals surface area contributed by atoms with Crippen molar-refractivity contribution in [2.45, 2.75) is 26.4 Å². The molecule has 0 bridgehead atoms. The number of rotatable bonds is 12. The van der Waals surface area contributed by atoms with Crippen molar-refractivity contribution >= 4 is 11.9 Å². The lowest BCUT2D eigenvalue weighted by Crippen LogP contribution is -2.31. The van der Waals surface area contributed by atoms with Crippen molar-refractivity contribution in [3.05, 3.63) is 0 Å². The van der Waals surface area contributed by atoms with Gasteiger partial charge in [-0.2, -0.15) is 0 Å². The van der Waals surface area contributed by atoms with Crippen LogP contribution in [0, 0.1) is 0 Å². The van der Waals surface area contributed by atoms with E-state index in [4.69, 9.17) is 19.3 Å². The Kier molecular flexibility index (Phi) is 11.1. The highest BCUT2D eigenvalue weighted by molar-refractivity contribution is 5.77. The average molecular weight is 277 g/mol. The Morgan fingerprint density at radius 1 is 1.11 bits per heavy atom. The molecule has 2 N–H and O–H groups in total. The molecule has 0 rings (SSSR count). The van der Waals surface area contributed by atoms with Crippen LogP contribution in [0.2, 0.25) is 0 Å². The fourth-order valence-electron chi connectivity index (χ4n) is 1.08. The summed E-state index contributed by atoms with van der Waals surface area (Å²) in [5, 5.41) is 11.0. The summed E-state index contributed by atoms with van der Waals surface area (Å²) in [6.07, 6.45) is 0.658. The fraction of sp³-hybridized carbons (Fsp3) is 0.833. The van der Waals surface area contributed by atoms with Gasteiger partial charge in [-0.15, -0.1) is 0 Å². The monoisotopic (exact) mass is 277 g/mol. The smallest absolute Gasteiger partial charge is 0.329 e. The number of carboxylic acid groups (broad SMARTS) is 1. The highest BCUT2D eigenvalue weighted by Gasteiger charge is 2.02. The summed E-state index contributed by atoms with van der Waals surface area (Å²) >= 11 is 0. The molecule has 0 spiro atoms. The van der Waals surface area contributed by atoms with Crippen LogP contribution in [0.5, 0.6) is 0 Å². The second-order valence-electron chi connectivity index (χ2n) is 4.12. The number of hydrogen-bond donors (Lipinski definition) is 2. The van der Waals surface area contributed by atoms with Crippen LogP contribution in [0.15, 0.2) is 0 Å². The summed E-state index contributed by atoms with van der Waals surface area (Å²) in [6, 6.07) is 0. The van der Waals surface area contributed by atoms with Crippen LogP contribution in [0.1, 0.15) is 20.3 Å².